The molecule has 0 radical (unpaired) electrons. The van der Waals surface area contributed by atoms with Gasteiger partial charge in [-0.2, -0.15) is 0 Å². The molecule has 1 aliphatic carbocycles. The first kappa shape index (κ1) is 19.7. The molecule has 0 unspecified atom stereocenters. The van der Waals surface area contributed by atoms with Crippen molar-refractivity contribution in [2.75, 3.05) is 14.2 Å². The number of nitrogens with zero attached hydrogens (tertiary/aromatic N) is 2. The SMILES string of the molecule is COc1ccc(N=C(C)c2c(O)n(C3CCCCC3)c(=O)[nH]c2=O)c(OC)c1. The van der Waals surface area contributed by atoms with E-state index in [-0.39, 0.29) is 23.2 Å². The highest BCUT2D eigenvalue weighted by atomic mass is 16.5. The highest BCUT2D eigenvalue weighted by Crippen LogP contribution is 2.33. The molecule has 3 rings (SSSR count). The third kappa shape index (κ3) is 3.81. The normalized spacial score (nSPS) is 15.5. The first-order valence-electron chi connectivity index (χ1n) is 9.31. The Bertz CT molecular complexity index is 1000. The van der Waals surface area contributed by atoms with Gasteiger partial charge in [0.1, 0.15) is 22.7 Å². The quantitative estimate of drug-likeness (QED) is 0.768. The topological polar surface area (TPSA) is 106 Å². The summed E-state index contributed by atoms with van der Waals surface area (Å²) in [5, 5.41) is 10.8. The van der Waals surface area contributed by atoms with E-state index < -0.39 is 11.2 Å². The van der Waals surface area contributed by atoms with Crippen molar-refractivity contribution in [3.05, 3.63) is 44.6 Å². The monoisotopic (exact) mass is 387 g/mol. The zero-order chi connectivity index (χ0) is 20.3. The summed E-state index contributed by atoms with van der Waals surface area (Å²) in [7, 11) is 3.06. The van der Waals surface area contributed by atoms with Gasteiger partial charge in [-0.25, -0.2) is 9.79 Å². The predicted octanol–water partition coefficient (Wildman–Crippen LogP) is 2.91. The minimum absolute atomic E-state index is 0.0111. The Hall–Kier alpha value is -3.03. The van der Waals surface area contributed by atoms with Crippen LogP contribution in [0.2, 0.25) is 0 Å². The van der Waals surface area contributed by atoms with Crippen LogP contribution in [-0.4, -0.2) is 34.6 Å². The van der Waals surface area contributed by atoms with Gasteiger partial charge in [-0.15, -0.1) is 0 Å². The van der Waals surface area contributed by atoms with Crippen molar-refractivity contribution in [3.63, 3.8) is 0 Å². The summed E-state index contributed by atoms with van der Waals surface area (Å²) < 4.78 is 11.8. The molecular weight excluding hydrogens is 362 g/mol. The summed E-state index contributed by atoms with van der Waals surface area (Å²) in [6.07, 6.45) is 4.67. The average Bonchev–Trinajstić information content (AvgIpc) is 2.68. The van der Waals surface area contributed by atoms with Gasteiger partial charge >= 0.3 is 5.69 Å². The highest BCUT2D eigenvalue weighted by molar-refractivity contribution is 6.02. The molecule has 2 aromatic rings. The first-order valence-corrected chi connectivity index (χ1v) is 9.31. The minimum Gasteiger partial charge on any atom is -0.497 e. The van der Waals surface area contributed by atoms with E-state index in [0.717, 1.165) is 32.1 Å². The Kier molecular flexibility index (Phi) is 5.87. The molecule has 1 aromatic heterocycles. The first-order chi connectivity index (χ1) is 13.5. The summed E-state index contributed by atoms with van der Waals surface area (Å²) in [5.41, 5.74) is -0.499. The van der Waals surface area contributed by atoms with Crippen molar-refractivity contribution < 1.29 is 14.6 Å². The van der Waals surface area contributed by atoms with Crippen molar-refractivity contribution in [2.45, 2.75) is 45.1 Å². The van der Waals surface area contributed by atoms with E-state index in [9.17, 15) is 14.7 Å². The molecule has 28 heavy (non-hydrogen) atoms. The van der Waals surface area contributed by atoms with E-state index in [1.807, 2.05) is 0 Å². The standard InChI is InChI=1S/C20H25N3O5/c1-12(21-15-10-9-14(27-2)11-16(15)28-3)17-18(24)22-20(26)23(19(17)25)13-7-5-4-6-8-13/h9-11,13,25H,4-8H2,1-3H3,(H,22,24,26). The predicted molar refractivity (Wildman–Crippen MR) is 107 cm³/mol. The molecule has 8 nitrogen and oxygen atoms in total. The van der Waals surface area contributed by atoms with Crippen LogP contribution in [0.3, 0.4) is 0 Å². The summed E-state index contributed by atoms with van der Waals surface area (Å²) in [6.45, 7) is 1.61. The van der Waals surface area contributed by atoms with Gasteiger partial charge in [0.25, 0.3) is 5.56 Å². The van der Waals surface area contributed by atoms with Crippen LogP contribution in [0.15, 0.2) is 32.8 Å². The Balaban J connectivity index is 2.09. The maximum atomic E-state index is 12.4. The van der Waals surface area contributed by atoms with Gasteiger partial charge in [0, 0.05) is 12.1 Å². The fourth-order valence-corrected chi connectivity index (χ4v) is 3.66. The second-order valence-electron chi connectivity index (χ2n) is 6.85. The van der Waals surface area contributed by atoms with Crippen LogP contribution in [0.1, 0.15) is 50.6 Å². The van der Waals surface area contributed by atoms with Crippen molar-refractivity contribution in [1.29, 1.82) is 0 Å². The van der Waals surface area contributed by atoms with E-state index >= 15 is 0 Å². The van der Waals surface area contributed by atoms with Gasteiger partial charge in [0.15, 0.2) is 0 Å². The zero-order valence-electron chi connectivity index (χ0n) is 16.3. The Labute approximate surface area is 162 Å². The number of rotatable bonds is 5. The Morgan fingerprint density at radius 1 is 1.18 bits per heavy atom. The molecule has 1 aliphatic rings. The molecule has 8 heteroatoms. The third-order valence-electron chi connectivity index (χ3n) is 5.09. The van der Waals surface area contributed by atoms with Crippen LogP contribution >= 0.6 is 0 Å². The van der Waals surface area contributed by atoms with E-state index in [0.29, 0.717) is 17.2 Å². The van der Waals surface area contributed by atoms with Crippen molar-refractivity contribution in [3.8, 4) is 17.4 Å². The van der Waals surface area contributed by atoms with Crippen LogP contribution in [0.4, 0.5) is 5.69 Å². The molecule has 0 atom stereocenters. The Morgan fingerprint density at radius 3 is 2.54 bits per heavy atom. The number of aromatic nitrogens is 2. The van der Waals surface area contributed by atoms with Crippen molar-refractivity contribution in [1.82, 2.24) is 9.55 Å². The zero-order valence-corrected chi connectivity index (χ0v) is 16.3. The third-order valence-corrected chi connectivity index (χ3v) is 5.09. The van der Waals surface area contributed by atoms with Crippen LogP contribution in [0.25, 0.3) is 0 Å². The molecule has 0 amide bonds. The molecule has 2 N–H and O–H groups in total. The average molecular weight is 387 g/mol. The minimum atomic E-state index is -0.664. The highest BCUT2D eigenvalue weighted by Gasteiger charge is 2.24. The molecule has 1 saturated carbocycles. The smallest absolute Gasteiger partial charge is 0.331 e. The molecule has 1 aromatic carbocycles. The van der Waals surface area contributed by atoms with Gasteiger partial charge < -0.3 is 14.6 Å². The lowest BCUT2D eigenvalue weighted by atomic mass is 9.95. The summed E-state index contributed by atoms with van der Waals surface area (Å²) in [5.74, 6) is 0.740. The second kappa shape index (κ2) is 8.33. The molecular formula is C20H25N3O5. The van der Waals surface area contributed by atoms with Crippen LogP contribution < -0.4 is 20.7 Å². The lowest BCUT2D eigenvalue weighted by Crippen LogP contribution is -2.36. The molecule has 1 heterocycles. The van der Waals surface area contributed by atoms with Crippen molar-refractivity contribution >= 4 is 11.4 Å². The second-order valence-corrected chi connectivity index (χ2v) is 6.85. The summed E-state index contributed by atoms with van der Waals surface area (Å²) in [6, 6.07) is 4.98. The number of methoxy groups -OCH3 is 2. The van der Waals surface area contributed by atoms with E-state index in [2.05, 4.69) is 9.98 Å². The summed E-state index contributed by atoms with van der Waals surface area (Å²) in [4.78, 5) is 31.5. The molecule has 150 valence electrons. The maximum absolute atomic E-state index is 12.4. The van der Waals surface area contributed by atoms with Crippen LogP contribution in [-0.2, 0) is 0 Å². The van der Waals surface area contributed by atoms with Gasteiger partial charge in [-0.1, -0.05) is 19.3 Å². The number of nitrogens with one attached hydrogen (secondary N) is 1. The number of H-pyrrole nitrogens is 1. The summed E-state index contributed by atoms with van der Waals surface area (Å²) >= 11 is 0. The number of hydrogen-bond acceptors (Lipinski definition) is 6. The molecule has 0 bridgehead atoms. The van der Waals surface area contributed by atoms with Gasteiger partial charge in [-0.3, -0.25) is 14.3 Å². The maximum Gasteiger partial charge on any atom is 0.331 e. The van der Waals surface area contributed by atoms with Crippen LogP contribution in [0, 0.1) is 0 Å². The molecule has 0 spiro atoms. The van der Waals surface area contributed by atoms with Crippen LogP contribution in [0.5, 0.6) is 17.4 Å². The number of aromatic amines is 1. The molecule has 1 fully saturated rings. The van der Waals surface area contributed by atoms with Crippen molar-refractivity contribution in [2.24, 2.45) is 4.99 Å². The number of hydrogen-bond donors (Lipinski definition) is 2. The molecule has 0 aliphatic heterocycles. The number of aromatic hydroxyl groups is 1. The fraction of sp³-hybridized carbons (Fsp3) is 0.450. The Morgan fingerprint density at radius 2 is 1.89 bits per heavy atom. The fourth-order valence-electron chi connectivity index (χ4n) is 3.66. The largest absolute Gasteiger partial charge is 0.497 e. The molecule has 0 saturated heterocycles. The van der Waals surface area contributed by atoms with Gasteiger partial charge in [0.2, 0.25) is 5.88 Å². The van der Waals surface area contributed by atoms with Gasteiger partial charge in [0.05, 0.1) is 19.9 Å². The van der Waals surface area contributed by atoms with E-state index in [4.69, 9.17) is 9.47 Å². The lowest BCUT2D eigenvalue weighted by Gasteiger charge is -2.25. The lowest BCUT2D eigenvalue weighted by molar-refractivity contribution is 0.298. The number of aliphatic imine (C=N–C) groups is 1. The van der Waals surface area contributed by atoms with Gasteiger partial charge in [-0.05, 0) is 31.9 Å². The number of ether oxygens (including phenoxy) is 2. The van der Waals surface area contributed by atoms with E-state index in [1.165, 1.54) is 11.7 Å². The van der Waals surface area contributed by atoms with E-state index in [1.54, 1.807) is 32.2 Å². The number of benzene rings is 1.